The highest BCUT2D eigenvalue weighted by molar-refractivity contribution is 7.80. The molecule has 6 heteroatoms. The fraction of sp³-hybridized carbons (Fsp3) is 0.0417. The highest BCUT2D eigenvalue weighted by Crippen LogP contribution is 2.30. The van der Waals surface area contributed by atoms with Gasteiger partial charge in [0.1, 0.15) is 17.2 Å². The summed E-state index contributed by atoms with van der Waals surface area (Å²) in [5.74, 6) is 1.21. The van der Waals surface area contributed by atoms with E-state index in [0.717, 1.165) is 11.3 Å². The van der Waals surface area contributed by atoms with E-state index < -0.39 is 0 Å². The summed E-state index contributed by atoms with van der Waals surface area (Å²) in [6, 6.07) is 25.8. The van der Waals surface area contributed by atoms with E-state index in [1.165, 1.54) is 4.90 Å². The number of benzene rings is 3. The first-order chi connectivity index (χ1) is 14.6. The molecular weight excluding hydrogens is 394 g/mol. The molecule has 0 bridgehead atoms. The van der Waals surface area contributed by atoms with Crippen molar-refractivity contribution in [1.29, 1.82) is 5.26 Å². The van der Waals surface area contributed by atoms with E-state index >= 15 is 0 Å². The minimum atomic E-state index is -0.205. The lowest BCUT2D eigenvalue weighted by molar-refractivity contribution is -0.114. The number of para-hydroxylation sites is 1. The third kappa shape index (κ3) is 3.79. The van der Waals surface area contributed by atoms with Crippen LogP contribution >= 0.6 is 12.2 Å². The maximum Gasteiger partial charge on any atom is 0.281 e. The van der Waals surface area contributed by atoms with E-state index in [4.69, 9.17) is 22.2 Å². The van der Waals surface area contributed by atoms with Crippen LogP contribution in [-0.4, -0.2) is 23.0 Å². The lowest BCUT2D eigenvalue weighted by atomic mass is 10.1. The van der Waals surface area contributed by atoms with E-state index in [0.29, 0.717) is 27.8 Å². The van der Waals surface area contributed by atoms with E-state index in [1.54, 1.807) is 66.6 Å². The lowest BCUT2D eigenvalue weighted by Crippen LogP contribution is -2.31. The van der Waals surface area contributed by atoms with E-state index in [1.807, 2.05) is 30.3 Å². The first kappa shape index (κ1) is 19.4. The Bertz CT molecular complexity index is 1160. The van der Waals surface area contributed by atoms with Gasteiger partial charge in [0, 0.05) is 7.05 Å². The van der Waals surface area contributed by atoms with Crippen LogP contribution in [0.1, 0.15) is 11.1 Å². The maximum absolute atomic E-state index is 13.1. The Morgan fingerprint density at radius 3 is 2.20 bits per heavy atom. The van der Waals surface area contributed by atoms with Gasteiger partial charge < -0.3 is 9.64 Å². The van der Waals surface area contributed by atoms with Gasteiger partial charge in [-0.1, -0.05) is 30.3 Å². The fourth-order valence-electron chi connectivity index (χ4n) is 3.08. The Labute approximate surface area is 180 Å². The molecule has 0 unspecified atom stereocenters. The molecular formula is C24H17N3O2S. The predicted octanol–water partition coefficient (Wildman–Crippen LogP) is 4.95. The van der Waals surface area contributed by atoms with Gasteiger partial charge in [0.25, 0.3) is 5.91 Å². The third-order valence-electron chi connectivity index (χ3n) is 4.68. The number of nitrogens with zero attached hydrogens (tertiary/aromatic N) is 3. The summed E-state index contributed by atoms with van der Waals surface area (Å²) in [5, 5.41) is 9.33. The Morgan fingerprint density at radius 1 is 0.933 bits per heavy atom. The second-order valence-electron chi connectivity index (χ2n) is 6.65. The van der Waals surface area contributed by atoms with Crippen LogP contribution in [0.25, 0.3) is 6.08 Å². The molecule has 1 heterocycles. The van der Waals surface area contributed by atoms with Gasteiger partial charge >= 0.3 is 0 Å². The summed E-state index contributed by atoms with van der Waals surface area (Å²) in [4.78, 5) is 16.3. The summed E-state index contributed by atoms with van der Waals surface area (Å²) in [6.45, 7) is 0. The SMILES string of the molecule is CN1C(=S)N(c2ccc(Oc3ccccc3)cc2)C(=O)/C1=C\c1ccc(C#N)cc1. The van der Waals surface area contributed by atoms with Crippen LogP contribution in [0.3, 0.4) is 0 Å². The number of thiocarbonyl (C=S) groups is 1. The summed E-state index contributed by atoms with van der Waals surface area (Å²) in [6.07, 6.45) is 1.77. The number of hydrogen-bond donors (Lipinski definition) is 0. The molecule has 0 radical (unpaired) electrons. The Kier molecular flexibility index (Phi) is 5.29. The van der Waals surface area contributed by atoms with Gasteiger partial charge in [-0.3, -0.25) is 9.69 Å². The third-order valence-corrected chi connectivity index (χ3v) is 5.14. The van der Waals surface area contributed by atoms with E-state index in [2.05, 4.69) is 6.07 Å². The van der Waals surface area contributed by atoms with Crippen molar-refractivity contribution in [2.24, 2.45) is 0 Å². The average molecular weight is 411 g/mol. The van der Waals surface area contributed by atoms with Crippen molar-refractivity contribution >= 4 is 35.0 Å². The first-order valence-electron chi connectivity index (χ1n) is 9.24. The van der Waals surface area contributed by atoms with E-state index in [-0.39, 0.29) is 5.91 Å². The first-order valence-corrected chi connectivity index (χ1v) is 9.64. The highest BCUT2D eigenvalue weighted by Gasteiger charge is 2.36. The topological polar surface area (TPSA) is 56.6 Å². The quantitative estimate of drug-likeness (QED) is 0.449. The molecule has 3 aromatic rings. The van der Waals surface area contributed by atoms with Crippen LogP contribution in [-0.2, 0) is 4.79 Å². The molecule has 0 aromatic heterocycles. The minimum Gasteiger partial charge on any atom is -0.457 e. The Balaban J connectivity index is 1.57. The van der Waals surface area contributed by atoms with Gasteiger partial charge in [-0.05, 0) is 72.4 Å². The number of likely N-dealkylation sites (N-methyl/N-ethyl adjacent to an activating group) is 1. The molecule has 0 spiro atoms. The maximum atomic E-state index is 13.1. The Hall–Kier alpha value is -3.95. The normalized spacial score (nSPS) is 14.9. The standard InChI is InChI=1S/C24H17N3O2S/c1-26-22(15-17-7-9-18(16-25)10-8-17)23(28)27(24(26)30)19-11-13-21(14-12-19)29-20-5-3-2-4-6-20/h2-15H,1H3/b22-15+. The molecule has 3 aromatic carbocycles. The minimum absolute atomic E-state index is 0.205. The van der Waals surface area contributed by atoms with Crippen LogP contribution < -0.4 is 9.64 Å². The van der Waals surface area contributed by atoms with Gasteiger partial charge in [-0.25, -0.2) is 0 Å². The molecule has 0 atom stereocenters. The summed E-state index contributed by atoms with van der Waals surface area (Å²) >= 11 is 5.51. The van der Waals surface area contributed by atoms with Crippen LogP contribution in [0.2, 0.25) is 0 Å². The van der Waals surface area contributed by atoms with Gasteiger partial charge in [-0.2, -0.15) is 5.26 Å². The molecule has 30 heavy (non-hydrogen) atoms. The number of anilines is 1. The van der Waals surface area contributed by atoms with Crippen molar-refractivity contribution in [3.63, 3.8) is 0 Å². The van der Waals surface area contributed by atoms with Gasteiger partial charge in [-0.15, -0.1) is 0 Å². The molecule has 1 aliphatic heterocycles. The van der Waals surface area contributed by atoms with Crippen molar-refractivity contribution in [2.45, 2.75) is 0 Å². The average Bonchev–Trinajstić information content (AvgIpc) is 2.99. The number of amides is 1. The lowest BCUT2D eigenvalue weighted by Gasteiger charge is -2.17. The monoisotopic (exact) mass is 411 g/mol. The zero-order chi connectivity index (χ0) is 21.1. The molecule has 1 fully saturated rings. The van der Waals surface area contributed by atoms with Crippen molar-refractivity contribution < 1.29 is 9.53 Å². The molecule has 5 nitrogen and oxygen atoms in total. The van der Waals surface area contributed by atoms with Gasteiger partial charge in [0.2, 0.25) is 0 Å². The number of hydrogen-bond acceptors (Lipinski definition) is 4. The summed E-state index contributed by atoms with van der Waals surface area (Å²) < 4.78 is 5.81. The summed E-state index contributed by atoms with van der Waals surface area (Å²) in [5.41, 5.74) is 2.52. The van der Waals surface area contributed by atoms with E-state index in [9.17, 15) is 4.79 Å². The Morgan fingerprint density at radius 2 is 1.57 bits per heavy atom. The number of carbonyl (C=O) groups excluding carboxylic acids is 1. The summed E-state index contributed by atoms with van der Waals surface area (Å²) in [7, 11) is 1.77. The van der Waals surface area contributed by atoms with Crippen molar-refractivity contribution in [1.82, 2.24) is 4.90 Å². The van der Waals surface area contributed by atoms with Crippen molar-refractivity contribution in [3.8, 4) is 17.6 Å². The van der Waals surface area contributed by atoms with Crippen LogP contribution in [0.4, 0.5) is 5.69 Å². The fourth-order valence-corrected chi connectivity index (χ4v) is 3.37. The van der Waals surface area contributed by atoms with Gasteiger partial charge in [0.15, 0.2) is 5.11 Å². The number of ether oxygens (including phenoxy) is 1. The van der Waals surface area contributed by atoms with Crippen molar-refractivity contribution in [2.75, 3.05) is 11.9 Å². The molecule has 0 N–H and O–H groups in total. The number of nitriles is 1. The predicted molar refractivity (Wildman–Crippen MR) is 120 cm³/mol. The second-order valence-corrected chi connectivity index (χ2v) is 7.02. The largest absolute Gasteiger partial charge is 0.457 e. The van der Waals surface area contributed by atoms with Gasteiger partial charge in [0.05, 0.1) is 17.3 Å². The zero-order valence-electron chi connectivity index (χ0n) is 16.1. The molecule has 4 rings (SSSR count). The zero-order valence-corrected chi connectivity index (χ0v) is 17.0. The molecule has 146 valence electrons. The molecule has 0 aliphatic carbocycles. The van der Waals surface area contributed by atoms with Crippen LogP contribution in [0.5, 0.6) is 11.5 Å². The van der Waals surface area contributed by atoms with Crippen LogP contribution in [0.15, 0.2) is 84.6 Å². The van der Waals surface area contributed by atoms with Crippen LogP contribution in [0, 0.1) is 11.3 Å². The second kappa shape index (κ2) is 8.19. The smallest absolute Gasteiger partial charge is 0.281 e. The molecule has 1 saturated heterocycles. The molecule has 1 amide bonds. The number of rotatable bonds is 4. The molecule has 1 aliphatic rings. The number of carbonyl (C=O) groups is 1. The highest BCUT2D eigenvalue weighted by atomic mass is 32.1. The van der Waals surface area contributed by atoms with Crippen molar-refractivity contribution in [3.05, 3.63) is 95.7 Å². The molecule has 0 saturated carbocycles.